The third-order valence-electron chi connectivity index (χ3n) is 3.49. The Bertz CT molecular complexity index is 578. The Morgan fingerprint density at radius 2 is 1.62 bits per heavy atom. The fourth-order valence-electron chi connectivity index (χ4n) is 2.33. The molecule has 0 amide bonds. The zero-order valence-corrected chi connectivity index (χ0v) is 12.5. The molecule has 0 radical (unpaired) electrons. The first kappa shape index (κ1) is 15.6. The van der Waals surface area contributed by atoms with Crippen LogP contribution >= 0.6 is 0 Å². The Morgan fingerprint density at radius 3 is 2.24 bits per heavy atom. The molecule has 3 heteroatoms. The van der Waals surface area contributed by atoms with Gasteiger partial charge in [-0.05, 0) is 55.1 Å². The van der Waals surface area contributed by atoms with E-state index < -0.39 is 11.6 Å². The minimum Gasteiger partial charge on any atom is -0.314 e. The SMILES string of the molecule is CCCNC(C)Cc1ccc(-c2ccc(F)c(F)c2)cc1. The van der Waals surface area contributed by atoms with Crippen LogP contribution in [0.4, 0.5) is 8.78 Å². The number of benzene rings is 2. The summed E-state index contributed by atoms with van der Waals surface area (Å²) in [7, 11) is 0. The number of hydrogen-bond acceptors (Lipinski definition) is 1. The number of rotatable bonds is 6. The van der Waals surface area contributed by atoms with Gasteiger partial charge in [0, 0.05) is 6.04 Å². The summed E-state index contributed by atoms with van der Waals surface area (Å²) < 4.78 is 26.2. The van der Waals surface area contributed by atoms with Crippen LogP contribution in [-0.2, 0) is 6.42 Å². The highest BCUT2D eigenvalue weighted by Crippen LogP contribution is 2.22. The first-order valence-corrected chi connectivity index (χ1v) is 7.38. The lowest BCUT2D eigenvalue weighted by molar-refractivity contribution is 0.509. The normalized spacial score (nSPS) is 12.4. The van der Waals surface area contributed by atoms with Crippen molar-refractivity contribution in [3.8, 4) is 11.1 Å². The molecular formula is C18H21F2N. The molecule has 1 unspecified atom stereocenters. The zero-order chi connectivity index (χ0) is 15.2. The smallest absolute Gasteiger partial charge is 0.159 e. The van der Waals surface area contributed by atoms with Crippen LogP contribution < -0.4 is 5.32 Å². The second kappa shape index (κ2) is 7.32. The maximum Gasteiger partial charge on any atom is 0.159 e. The third kappa shape index (κ3) is 4.36. The van der Waals surface area contributed by atoms with Crippen LogP contribution in [-0.4, -0.2) is 12.6 Å². The topological polar surface area (TPSA) is 12.0 Å². The van der Waals surface area contributed by atoms with Crippen LogP contribution in [0.3, 0.4) is 0 Å². The van der Waals surface area contributed by atoms with Crippen molar-refractivity contribution in [2.75, 3.05) is 6.54 Å². The van der Waals surface area contributed by atoms with E-state index in [1.807, 2.05) is 24.3 Å². The summed E-state index contributed by atoms with van der Waals surface area (Å²) >= 11 is 0. The van der Waals surface area contributed by atoms with Gasteiger partial charge >= 0.3 is 0 Å². The van der Waals surface area contributed by atoms with Gasteiger partial charge in [-0.2, -0.15) is 0 Å². The number of hydrogen-bond donors (Lipinski definition) is 1. The minimum absolute atomic E-state index is 0.430. The molecule has 2 aromatic carbocycles. The van der Waals surface area contributed by atoms with Crippen molar-refractivity contribution in [2.24, 2.45) is 0 Å². The Morgan fingerprint density at radius 1 is 0.952 bits per heavy atom. The van der Waals surface area contributed by atoms with Crippen LogP contribution in [0.25, 0.3) is 11.1 Å². The molecule has 0 saturated carbocycles. The first-order chi connectivity index (χ1) is 10.1. The molecule has 0 spiro atoms. The second-order valence-corrected chi connectivity index (χ2v) is 5.39. The number of halogens is 2. The summed E-state index contributed by atoms with van der Waals surface area (Å²) in [5.74, 6) is -1.62. The molecule has 21 heavy (non-hydrogen) atoms. The molecule has 0 aliphatic rings. The molecule has 0 aliphatic heterocycles. The molecule has 2 aromatic rings. The molecule has 0 saturated heterocycles. The molecule has 1 N–H and O–H groups in total. The van der Waals surface area contributed by atoms with Crippen LogP contribution in [0.15, 0.2) is 42.5 Å². The molecular weight excluding hydrogens is 268 g/mol. The van der Waals surface area contributed by atoms with Gasteiger partial charge < -0.3 is 5.32 Å². The summed E-state index contributed by atoms with van der Waals surface area (Å²) in [6, 6.07) is 12.4. The van der Waals surface area contributed by atoms with E-state index in [1.54, 1.807) is 6.07 Å². The minimum atomic E-state index is -0.814. The molecule has 0 aliphatic carbocycles. The van der Waals surface area contributed by atoms with Crippen molar-refractivity contribution >= 4 is 0 Å². The van der Waals surface area contributed by atoms with Crippen molar-refractivity contribution in [1.82, 2.24) is 5.32 Å². The molecule has 112 valence electrons. The largest absolute Gasteiger partial charge is 0.314 e. The van der Waals surface area contributed by atoms with E-state index in [1.165, 1.54) is 11.6 Å². The van der Waals surface area contributed by atoms with Crippen molar-refractivity contribution < 1.29 is 8.78 Å². The lowest BCUT2D eigenvalue weighted by Gasteiger charge is -2.13. The summed E-state index contributed by atoms with van der Waals surface area (Å²) in [5.41, 5.74) is 2.82. The Balaban J connectivity index is 2.06. The van der Waals surface area contributed by atoms with Gasteiger partial charge in [-0.3, -0.25) is 0 Å². The second-order valence-electron chi connectivity index (χ2n) is 5.39. The molecule has 2 rings (SSSR count). The Kier molecular flexibility index (Phi) is 5.45. The number of nitrogens with one attached hydrogen (secondary N) is 1. The van der Waals surface area contributed by atoms with Crippen LogP contribution in [0.2, 0.25) is 0 Å². The maximum absolute atomic E-state index is 13.3. The molecule has 0 heterocycles. The van der Waals surface area contributed by atoms with Gasteiger partial charge in [0.2, 0.25) is 0 Å². The van der Waals surface area contributed by atoms with Crippen LogP contribution in [0, 0.1) is 11.6 Å². The van der Waals surface area contributed by atoms with Gasteiger partial charge in [0.05, 0.1) is 0 Å². The van der Waals surface area contributed by atoms with E-state index >= 15 is 0 Å². The van der Waals surface area contributed by atoms with E-state index in [-0.39, 0.29) is 0 Å². The van der Waals surface area contributed by atoms with Crippen molar-refractivity contribution in [3.05, 3.63) is 59.7 Å². The van der Waals surface area contributed by atoms with Crippen LogP contribution in [0.5, 0.6) is 0 Å². The summed E-state index contributed by atoms with van der Waals surface area (Å²) in [6.07, 6.45) is 2.08. The lowest BCUT2D eigenvalue weighted by Crippen LogP contribution is -2.28. The fraction of sp³-hybridized carbons (Fsp3) is 0.333. The summed E-state index contributed by atoms with van der Waals surface area (Å²) in [5, 5.41) is 3.45. The van der Waals surface area contributed by atoms with Crippen molar-refractivity contribution in [1.29, 1.82) is 0 Å². The Labute approximate surface area is 125 Å². The molecule has 1 nitrogen and oxygen atoms in total. The zero-order valence-electron chi connectivity index (χ0n) is 12.5. The fourth-order valence-corrected chi connectivity index (χ4v) is 2.33. The highest BCUT2D eigenvalue weighted by molar-refractivity contribution is 5.63. The van der Waals surface area contributed by atoms with Gasteiger partial charge in [0.1, 0.15) is 0 Å². The quantitative estimate of drug-likeness (QED) is 0.822. The highest BCUT2D eigenvalue weighted by Gasteiger charge is 2.06. The standard InChI is InChI=1S/C18H21F2N/c1-3-10-21-13(2)11-14-4-6-15(7-5-14)16-8-9-17(19)18(20)12-16/h4-9,12-13,21H,3,10-11H2,1-2H3. The van der Waals surface area contributed by atoms with Crippen molar-refractivity contribution in [3.63, 3.8) is 0 Å². The summed E-state index contributed by atoms with van der Waals surface area (Å²) in [6.45, 7) is 5.34. The monoisotopic (exact) mass is 289 g/mol. The lowest BCUT2D eigenvalue weighted by atomic mass is 10.0. The molecule has 0 bridgehead atoms. The highest BCUT2D eigenvalue weighted by atomic mass is 19.2. The third-order valence-corrected chi connectivity index (χ3v) is 3.49. The van der Waals surface area contributed by atoms with Crippen molar-refractivity contribution in [2.45, 2.75) is 32.7 Å². The average molecular weight is 289 g/mol. The van der Waals surface area contributed by atoms with E-state index in [9.17, 15) is 8.78 Å². The van der Waals surface area contributed by atoms with Gasteiger partial charge in [0.15, 0.2) is 11.6 Å². The maximum atomic E-state index is 13.3. The van der Waals surface area contributed by atoms with Gasteiger partial charge in [-0.25, -0.2) is 8.78 Å². The van der Waals surface area contributed by atoms with E-state index in [0.29, 0.717) is 11.6 Å². The Hall–Kier alpha value is -1.74. The summed E-state index contributed by atoms with van der Waals surface area (Å²) in [4.78, 5) is 0. The van der Waals surface area contributed by atoms with E-state index in [0.717, 1.165) is 31.0 Å². The van der Waals surface area contributed by atoms with Crippen LogP contribution in [0.1, 0.15) is 25.8 Å². The molecule has 0 aromatic heterocycles. The first-order valence-electron chi connectivity index (χ1n) is 7.38. The predicted molar refractivity (Wildman–Crippen MR) is 83.3 cm³/mol. The average Bonchev–Trinajstić information content (AvgIpc) is 2.49. The molecule has 1 atom stereocenters. The van der Waals surface area contributed by atoms with Gasteiger partial charge in [0.25, 0.3) is 0 Å². The molecule has 0 fully saturated rings. The van der Waals surface area contributed by atoms with E-state index in [4.69, 9.17) is 0 Å². The van der Waals surface area contributed by atoms with E-state index in [2.05, 4.69) is 19.2 Å². The predicted octanol–water partition coefficient (Wildman–Crippen LogP) is 4.56. The van der Waals surface area contributed by atoms with Gasteiger partial charge in [-0.15, -0.1) is 0 Å². The van der Waals surface area contributed by atoms with Gasteiger partial charge in [-0.1, -0.05) is 37.3 Å².